The van der Waals surface area contributed by atoms with E-state index in [0.29, 0.717) is 16.5 Å². The summed E-state index contributed by atoms with van der Waals surface area (Å²) >= 11 is 3.39. The zero-order valence-electron chi connectivity index (χ0n) is 19.4. The lowest BCUT2D eigenvalue weighted by molar-refractivity contribution is 0.0952. The molecular weight excluding hydrogens is 494 g/mol. The fourth-order valence-electron chi connectivity index (χ4n) is 4.14. The highest BCUT2D eigenvalue weighted by molar-refractivity contribution is 9.10. The summed E-state index contributed by atoms with van der Waals surface area (Å²) in [6, 6.07) is 15.1. The third-order valence-corrected chi connectivity index (χ3v) is 6.67. The Morgan fingerprint density at radius 1 is 1.06 bits per heavy atom. The summed E-state index contributed by atoms with van der Waals surface area (Å²) < 4.78 is 6.68. The van der Waals surface area contributed by atoms with Gasteiger partial charge in [-0.1, -0.05) is 37.6 Å². The largest absolute Gasteiger partial charge is 0.455 e. The maximum Gasteiger partial charge on any atom is 0.291 e. The van der Waals surface area contributed by atoms with Gasteiger partial charge in [-0.2, -0.15) is 5.10 Å². The minimum atomic E-state index is -0.298. The number of benzene rings is 2. The molecule has 0 radical (unpaired) electrons. The Balaban J connectivity index is 1.51. The summed E-state index contributed by atoms with van der Waals surface area (Å²) in [5.74, 6) is 0.433. The molecule has 0 saturated carbocycles. The van der Waals surface area contributed by atoms with Crippen molar-refractivity contribution in [3.8, 4) is 0 Å². The van der Waals surface area contributed by atoms with Gasteiger partial charge in [-0.05, 0) is 78.4 Å². The molecule has 2 aromatic carbocycles. The normalized spacial score (nSPS) is 14.0. The van der Waals surface area contributed by atoms with Gasteiger partial charge in [0.2, 0.25) is 0 Å². The zero-order valence-corrected chi connectivity index (χ0v) is 21.0. The number of fused-ring (bicyclic) bond motifs is 1. The second kappa shape index (κ2) is 10.8. The quantitative estimate of drug-likeness (QED) is 0.352. The number of hydrazone groups is 1. The highest BCUT2D eigenvalue weighted by Gasteiger charge is 2.28. The first kappa shape index (κ1) is 24.0. The Bertz CT molecular complexity index is 1230. The van der Waals surface area contributed by atoms with E-state index in [1.165, 1.54) is 5.56 Å². The number of nitrogens with one attached hydrogen (secondary N) is 2. The number of hydrogen-bond acceptors (Lipinski definition) is 4. The van der Waals surface area contributed by atoms with E-state index in [-0.39, 0.29) is 17.6 Å². The number of aryl methyl sites for hydroxylation is 2. The number of furan rings is 1. The predicted octanol–water partition coefficient (Wildman–Crippen LogP) is 6.42. The molecule has 1 heterocycles. The van der Waals surface area contributed by atoms with Crippen LogP contribution in [0.25, 0.3) is 0 Å². The lowest BCUT2D eigenvalue weighted by Crippen LogP contribution is -2.22. The molecule has 1 aliphatic carbocycles. The van der Waals surface area contributed by atoms with Crippen LogP contribution in [0.5, 0.6) is 0 Å². The third kappa shape index (κ3) is 5.30. The van der Waals surface area contributed by atoms with Crippen LogP contribution < -0.4 is 10.7 Å². The van der Waals surface area contributed by atoms with Gasteiger partial charge < -0.3 is 9.73 Å². The number of rotatable bonds is 7. The van der Waals surface area contributed by atoms with E-state index in [1.807, 2.05) is 43.3 Å². The van der Waals surface area contributed by atoms with Gasteiger partial charge in [0.05, 0.1) is 11.3 Å². The second-order valence-electron chi connectivity index (χ2n) is 8.44. The van der Waals surface area contributed by atoms with E-state index in [9.17, 15) is 9.59 Å². The maximum atomic E-state index is 13.0. The Morgan fingerprint density at radius 3 is 2.56 bits per heavy atom. The molecule has 34 heavy (non-hydrogen) atoms. The first-order valence-corrected chi connectivity index (χ1v) is 12.4. The molecule has 0 unspecified atom stereocenters. The van der Waals surface area contributed by atoms with Crippen LogP contribution in [-0.2, 0) is 12.8 Å². The Morgan fingerprint density at radius 2 is 1.82 bits per heavy atom. The van der Waals surface area contributed by atoms with Crippen LogP contribution in [-0.4, -0.2) is 17.5 Å². The number of halogens is 1. The van der Waals surface area contributed by atoms with Crippen molar-refractivity contribution >= 4 is 39.1 Å². The summed E-state index contributed by atoms with van der Waals surface area (Å²) in [5.41, 5.74) is 7.43. The highest BCUT2D eigenvalue weighted by Crippen LogP contribution is 2.30. The Kier molecular flexibility index (Phi) is 7.63. The fraction of sp³-hybridized carbons (Fsp3) is 0.296. The smallest absolute Gasteiger partial charge is 0.291 e. The molecule has 176 valence electrons. The first-order valence-electron chi connectivity index (χ1n) is 11.6. The number of anilines is 1. The molecule has 0 bridgehead atoms. The molecule has 2 N–H and O–H groups in total. The van der Waals surface area contributed by atoms with Crippen molar-refractivity contribution in [3.05, 3.63) is 86.8 Å². The Hall–Kier alpha value is -3.19. The van der Waals surface area contributed by atoms with Gasteiger partial charge in [0.15, 0.2) is 5.76 Å². The minimum absolute atomic E-state index is 0.284. The molecule has 6 nitrogen and oxygen atoms in total. The predicted molar refractivity (Wildman–Crippen MR) is 138 cm³/mol. The van der Waals surface area contributed by atoms with E-state index in [2.05, 4.69) is 38.7 Å². The third-order valence-electron chi connectivity index (χ3n) is 5.97. The van der Waals surface area contributed by atoms with Crippen LogP contribution in [0.1, 0.15) is 76.0 Å². The van der Waals surface area contributed by atoms with Crippen molar-refractivity contribution in [2.24, 2.45) is 5.10 Å². The van der Waals surface area contributed by atoms with Gasteiger partial charge in [-0.15, -0.1) is 0 Å². The van der Waals surface area contributed by atoms with E-state index in [4.69, 9.17) is 4.42 Å². The lowest BCUT2D eigenvalue weighted by Gasteiger charge is -2.13. The van der Waals surface area contributed by atoms with E-state index in [0.717, 1.165) is 60.4 Å². The molecule has 0 saturated heterocycles. The molecule has 0 spiro atoms. The summed E-state index contributed by atoms with van der Waals surface area (Å²) in [6.45, 7) is 4.04. The molecule has 0 aliphatic heterocycles. The fourth-order valence-corrected chi connectivity index (χ4v) is 4.61. The summed E-state index contributed by atoms with van der Waals surface area (Å²) in [7, 11) is 0. The van der Waals surface area contributed by atoms with E-state index in [1.54, 1.807) is 12.1 Å². The van der Waals surface area contributed by atoms with Gasteiger partial charge in [-0.25, -0.2) is 5.43 Å². The van der Waals surface area contributed by atoms with Gasteiger partial charge in [0.1, 0.15) is 5.76 Å². The van der Waals surface area contributed by atoms with Crippen LogP contribution in [0.3, 0.4) is 0 Å². The topological polar surface area (TPSA) is 83.7 Å². The monoisotopic (exact) mass is 521 g/mol. The summed E-state index contributed by atoms with van der Waals surface area (Å²) in [4.78, 5) is 25.6. The molecule has 1 aromatic heterocycles. The zero-order chi connectivity index (χ0) is 24.1. The minimum Gasteiger partial charge on any atom is -0.455 e. The molecule has 0 fully saturated rings. The van der Waals surface area contributed by atoms with Gasteiger partial charge in [0, 0.05) is 27.7 Å². The summed E-state index contributed by atoms with van der Waals surface area (Å²) in [6.07, 6.45) is 5.60. The highest BCUT2D eigenvalue weighted by atomic mass is 79.9. The number of carbonyl (C=O) groups excluding carboxylic acids is 2. The number of amides is 2. The van der Waals surface area contributed by atoms with Crippen molar-refractivity contribution in [1.82, 2.24) is 5.43 Å². The second-order valence-corrected chi connectivity index (χ2v) is 9.30. The standard InChI is InChI=1S/C27H28BrN3O3/c1-3-4-8-18-13-15-19(16-14-18)29-27(33)25-17(2)24-22(11-7-12-23(24)34-25)30-31-26(32)20-9-5-6-10-21(20)28/h5-6,9-10,13-16H,3-4,7-8,11-12H2,1-2H3,(H,29,33)(H,31,32)/b30-22+. The van der Waals surface area contributed by atoms with E-state index >= 15 is 0 Å². The van der Waals surface area contributed by atoms with Crippen LogP contribution >= 0.6 is 15.9 Å². The molecular formula is C27H28BrN3O3. The lowest BCUT2D eigenvalue weighted by atomic mass is 9.93. The number of unbranched alkanes of at least 4 members (excludes halogenated alkanes) is 1. The average Bonchev–Trinajstić information content (AvgIpc) is 3.19. The van der Waals surface area contributed by atoms with Crippen LogP contribution in [0.2, 0.25) is 0 Å². The molecule has 7 heteroatoms. The molecule has 2 amide bonds. The number of nitrogens with zero attached hydrogens (tertiary/aromatic N) is 1. The Labute approximate surface area is 208 Å². The SMILES string of the molecule is CCCCc1ccc(NC(=O)c2oc3c(c2C)/C(=N/NC(=O)c2ccccc2Br)CCC3)cc1. The van der Waals surface area contributed by atoms with Crippen molar-refractivity contribution < 1.29 is 14.0 Å². The molecule has 0 atom stereocenters. The van der Waals surface area contributed by atoms with Crippen LogP contribution in [0.4, 0.5) is 5.69 Å². The van der Waals surface area contributed by atoms with Crippen molar-refractivity contribution in [1.29, 1.82) is 0 Å². The number of carbonyl (C=O) groups is 2. The van der Waals surface area contributed by atoms with Crippen molar-refractivity contribution in [2.45, 2.75) is 52.4 Å². The molecule has 3 aromatic rings. The van der Waals surface area contributed by atoms with Gasteiger partial charge in [0.25, 0.3) is 11.8 Å². The van der Waals surface area contributed by atoms with Gasteiger partial charge >= 0.3 is 0 Å². The van der Waals surface area contributed by atoms with E-state index < -0.39 is 0 Å². The number of hydrogen-bond donors (Lipinski definition) is 2. The maximum absolute atomic E-state index is 13.0. The first-order chi connectivity index (χ1) is 16.5. The van der Waals surface area contributed by atoms with Crippen molar-refractivity contribution in [3.63, 3.8) is 0 Å². The van der Waals surface area contributed by atoms with Gasteiger partial charge in [-0.3, -0.25) is 9.59 Å². The van der Waals surface area contributed by atoms with Crippen LogP contribution in [0.15, 0.2) is 62.5 Å². The van der Waals surface area contributed by atoms with Crippen molar-refractivity contribution in [2.75, 3.05) is 5.32 Å². The molecule has 1 aliphatic rings. The average molecular weight is 522 g/mol. The van der Waals surface area contributed by atoms with Crippen LogP contribution in [0, 0.1) is 6.92 Å². The summed E-state index contributed by atoms with van der Waals surface area (Å²) in [5, 5.41) is 7.33. The molecule has 4 rings (SSSR count).